The zero-order chi connectivity index (χ0) is 17.5. The first-order valence-corrected chi connectivity index (χ1v) is 8.48. The van der Waals surface area contributed by atoms with Gasteiger partial charge in [0.25, 0.3) is 0 Å². The molecular formula is C21H24N2O2. The third-order valence-corrected chi connectivity index (χ3v) is 4.16. The highest BCUT2D eigenvalue weighted by molar-refractivity contribution is 5.83. The van der Waals surface area contributed by atoms with E-state index in [9.17, 15) is 0 Å². The minimum atomic E-state index is 0.471. The first-order chi connectivity index (χ1) is 12.3. The average molecular weight is 336 g/mol. The van der Waals surface area contributed by atoms with E-state index < -0.39 is 0 Å². The monoisotopic (exact) mass is 336 g/mol. The van der Waals surface area contributed by atoms with Gasteiger partial charge >= 0.3 is 0 Å². The summed E-state index contributed by atoms with van der Waals surface area (Å²) in [5.74, 6) is 1.49. The molecule has 0 atom stereocenters. The van der Waals surface area contributed by atoms with Crippen molar-refractivity contribution in [2.45, 2.75) is 13.0 Å². The second-order valence-electron chi connectivity index (χ2n) is 5.87. The van der Waals surface area contributed by atoms with Crippen LogP contribution in [0.3, 0.4) is 0 Å². The Morgan fingerprint density at radius 2 is 2.04 bits per heavy atom. The molecule has 0 saturated carbocycles. The van der Waals surface area contributed by atoms with Gasteiger partial charge < -0.3 is 19.8 Å². The zero-order valence-electron chi connectivity index (χ0n) is 14.5. The van der Waals surface area contributed by atoms with Crippen LogP contribution in [0.25, 0.3) is 10.9 Å². The quantitative estimate of drug-likeness (QED) is 0.457. The molecule has 2 aromatic carbocycles. The molecule has 1 aromatic heterocycles. The van der Waals surface area contributed by atoms with Gasteiger partial charge in [0, 0.05) is 23.6 Å². The zero-order valence-corrected chi connectivity index (χ0v) is 14.5. The minimum Gasteiger partial charge on any atom is -0.493 e. The van der Waals surface area contributed by atoms with E-state index in [-0.39, 0.29) is 0 Å². The second-order valence-corrected chi connectivity index (χ2v) is 5.87. The predicted octanol–water partition coefficient (Wildman–Crippen LogP) is 4.07. The van der Waals surface area contributed by atoms with Gasteiger partial charge in [-0.15, -0.1) is 0 Å². The van der Waals surface area contributed by atoms with Crippen molar-refractivity contribution in [3.05, 3.63) is 72.4 Å². The van der Waals surface area contributed by atoms with Crippen molar-refractivity contribution in [2.24, 2.45) is 0 Å². The van der Waals surface area contributed by atoms with Gasteiger partial charge in [-0.25, -0.2) is 0 Å². The van der Waals surface area contributed by atoms with Crippen LogP contribution in [0.1, 0.15) is 11.1 Å². The SMILES string of the molecule is C=CCOc1ccc(CNCCc2c[nH]c3ccccc23)cc1OC. The lowest BCUT2D eigenvalue weighted by Crippen LogP contribution is -2.16. The summed E-state index contributed by atoms with van der Waals surface area (Å²) in [6.45, 7) is 5.84. The number of rotatable bonds is 9. The van der Waals surface area contributed by atoms with Gasteiger partial charge in [-0.1, -0.05) is 36.9 Å². The molecule has 0 bridgehead atoms. The summed E-state index contributed by atoms with van der Waals surface area (Å²) in [5, 5.41) is 4.79. The Kier molecular flexibility index (Phi) is 5.75. The number of aromatic nitrogens is 1. The van der Waals surface area contributed by atoms with Crippen molar-refractivity contribution in [2.75, 3.05) is 20.3 Å². The predicted molar refractivity (Wildman–Crippen MR) is 102 cm³/mol. The van der Waals surface area contributed by atoms with E-state index in [1.165, 1.54) is 22.0 Å². The van der Waals surface area contributed by atoms with E-state index in [1.807, 2.05) is 12.1 Å². The molecule has 0 radical (unpaired) electrons. The Morgan fingerprint density at radius 1 is 1.16 bits per heavy atom. The number of nitrogens with one attached hydrogen (secondary N) is 2. The highest BCUT2D eigenvalue weighted by Crippen LogP contribution is 2.28. The van der Waals surface area contributed by atoms with Crippen LogP contribution in [0.4, 0.5) is 0 Å². The normalized spacial score (nSPS) is 10.8. The van der Waals surface area contributed by atoms with Crippen LogP contribution in [-0.2, 0) is 13.0 Å². The second kappa shape index (κ2) is 8.40. The molecule has 2 N–H and O–H groups in total. The molecule has 0 saturated heterocycles. The number of para-hydroxylation sites is 1. The molecule has 0 aliphatic rings. The molecule has 25 heavy (non-hydrogen) atoms. The van der Waals surface area contributed by atoms with Gasteiger partial charge in [0.15, 0.2) is 11.5 Å². The molecule has 4 heteroatoms. The highest BCUT2D eigenvalue weighted by atomic mass is 16.5. The van der Waals surface area contributed by atoms with Gasteiger partial charge in [0.1, 0.15) is 6.61 Å². The van der Waals surface area contributed by atoms with Crippen molar-refractivity contribution in [1.29, 1.82) is 0 Å². The lowest BCUT2D eigenvalue weighted by atomic mass is 10.1. The largest absolute Gasteiger partial charge is 0.493 e. The van der Waals surface area contributed by atoms with Crippen molar-refractivity contribution < 1.29 is 9.47 Å². The molecule has 3 rings (SSSR count). The maximum Gasteiger partial charge on any atom is 0.161 e. The van der Waals surface area contributed by atoms with Crippen molar-refractivity contribution in [3.8, 4) is 11.5 Å². The Labute approximate surface area is 148 Å². The van der Waals surface area contributed by atoms with Gasteiger partial charge in [0.2, 0.25) is 0 Å². The lowest BCUT2D eigenvalue weighted by molar-refractivity contribution is 0.326. The third kappa shape index (κ3) is 4.22. The smallest absolute Gasteiger partial charge is 0.161 e. The molecule has 0 fully saturated rings. The van der Waals surface area contributed by atoms with Gasteiger partial charge in [-0.05, 0) is 42.3 Å². The summed E-state index contributed by atoms with van der Waals surface area (Å²) in [5.41, 5.74) is 3.70. The molecule has 0 aliphatic heterocycles. The van der Waals surface area contributed by atoms with E-state index in [4.69, 9.17) is 9.47 Å². The number of methoxy groups -OCH3 is 1. The van der Waals surface area contributed by atoms with E-state index in [2.05, 4.69) is 53.4 Å². The van der Waals surface area contributed by atoms with Crippen LogP contribution in [0.15, 0.2) is 61.3 Å². The fourth-order valence-corrected chi connectivity index (χ4v) is 2.88. The fourth-order valence-electron chi connectivity index (χ4n) is 2.88. The number of aromatic amines is 1. The Balaban J connectivity index is 1.54. The van der Waals surface area contributed by atoms with Gasteiger partial charge in [-0.2, -0.15) is 0 Å². The van der Waals surface area contributed by atoms with Crippen molar-refractivity contribution >= 4 is 10.9 Å². The van der Waals surface area contributed by atoms with Crippen LogP contribution in [0, 0.1) is 0 Å². The molecule has 0 aliphatic carbocycles. The van der Waals surface area contributed by atoms with Crippen LogP contribution in [0.2, 0.25) is 0 Å². The van der Waals surface area contributed by atoms with E-state index >= 15 is 0 Å². The average Bonchev–Trinajstić information content (AvgIpc) is 3.07. The summed E-state index contributed by atoms with van der Waals surface area (Å²) >= 11 is 0. The maximum absolute atomic E-state index is 5.58. The highest BCUT2D eigenvalue weighted by Gasteiger charge is 2.06. The first-order valence-electron chi connectivity index (χ1n) is 8.48. The summed E-state index contributed by atoms with van der Waals surface area (Å²) < 4.78 is 11.0. The van der Waals surface area contributed by atoms with Crippen LogP contribution >= 0.6 is 0 Å². The van der Waals surface area contributed by atoms with E-state index in [0.29, 0.717) is 6.61 Å². The van der Waals surface area contributed by atoms with Crippen molar-refractivity contribution in [3.63, 3.8) is 0 Å². The summed E-state index contributed by atoms with van der Waals surface area (Å²) in [4.78, 5) is 3.32. The molecule has 0 amide bonds. The van der Waals surface area contributed by atoms with Crippen LogP contribution in [-0.4, -0.2) is 25.2 Å². The van der Waals surface area contributed by atoms with E-state index in [1.54, 1.807) is 13.2 Å². The lowest BCUT2D eigenvalue weighted by Gasteiger charge is -2.11. The number of benzene rings is 2. The summed E-state index contributed by atoms with van der Waals surface area (Å²) in [6.07, 6.45) is 4.81. The Hall–Kier alpha value is -2.72. The van der Waals surface area contributed by atoms with Crippen LogP contribution < -0.4 is 14.8 Å². The first kappa shape index (κ1) is 17.1. The number of hydrogen-bond donors (Lipinski definition) is 2. The molecule has 0 unspecified atom stereocenters. The molecule has 4 nitrogen and oxygen atoms in total. The number of ether oxygens (including phenoxy) is 2. The van der Waals surface area contributed by atoms with E-state index in [0.717, 1.165) is 31.0 Å². The number of hydrogen-bond acceptors (Lipinski definition) is 3. The Morgan fingerprint density at radius 3 is 2.88 bits per heavy atom. The standard InChI is InChI=1S/C21H24N2O2/c1-3-12-25-20-9-8-16(13-21(20)24-2)14-22-11-10-17-15-23-19-7-5-4-6-18(17)19/h3-9,13,15,22-23H,1,10-12,14H2,2H3. The molecule has 1 heterocycles. The molecule has 3 aromatic rings. The molecule has 130 valence electrons. The number of fused-ring (bicyclic) bond motifs is 1. The fraction of sp³-hybridized carbons (Fsp3) is 0.238. The maximum atomic E-state index is 5.58. The third-order valence-electron chi connectivity index (χ3n) is 4.16. The molecule has 0 spiro atoms. The van der Waals surface area contributed by atoms with Gasteiger partial charge in [0.05, 0.1) is 7.11 Å². The summed E-state index contributed by atoms with van der Waals surface area (Å²) in [7, 11) is 1.66. The minimum absolute atomic E-state index is 0.471. The number of H-pyrrole nitrogens is 1. The Bertz CT molecular complexity index is 839. The summed E-state index contributed by atoms with van der Waals surface area (Å²) in [6, 6.07) is 14.4. The van der Waals surface area contributed by atoms with Crippen LogP contribution in [0.5, 0.6) is 11.5 Å². The topological polar surface area (TPSA) is 46.3 Å². The molecular weight excluding hydrogens is 312 g/mol. The van der Waals surface area contributed by atoms with Crippen molar-refractivity contribution in [1.82, 2.24) is 10.3 Å². The van der Waals surface area contributed by atoms with Gasteiger partial charge in [-0.3, -0.25) is 0 Å².